The van der Waals surface area contributed by atoms with Crippen LogP contribution in [0.15, 0.2) is 36.4 Å². The zero-order valence-electron chi connectivity index (χ0n) is 12.4. The molecule has 0 amide bonds. The molecule has 0 aliphatic heterocycles. The molecule has 0 radical (unpaired) electrons. The number of benzene rings is 2. The van der Waals surface area contributed by atoms with Gasteiger partial charge in [-0.1, -0.05) is 32.0 Å². The largest absolute Gasteiger partial charge is 0.454 e. The Bertz CT molecular complexity index is 626. The number of rotatable bonds is 5. The van der Waals surface area contributed by atoms with Crippen molar-refractivity contribution in [1.29, 1.82) is 0 Å². The summed E-state index contributed by atoms with van der Waals surface area (Å²) in [5.74, 6) is -1.47. The minimum Gasteiger partial charge on any atom is -0.454 e. The fraction of sp³-hybridized carbons (Fsp3) is 0.294. The van der Waals surface area contributed by atoms with Gasteiger partial charge in [-0.2, -0.15) is 4.39 Å². The fourth-order valence-corrected chi connectivity index (χ4v) is 1.94. The maximum Gasteiger partial charge on any atom is 0.201 e. The lowest BCUT2D eigenvalue weighted by atomic mass is 10.1. The summed E-state index contributed by atoms with van der Waals surface area (Å²) in [6.07, 6.45) is 0. The molecule has 0 atom stereocenters. The van der Waals surface area contributed by atoms with Crippen LogP contribution in [-0.2, 0) is 6.54 Å². The molecule has 4 heteroatoms. The van der Waals surface area contributed by atoms with E-state index in [1.807, 2.05) is 19.1 Å². The van der Waals surface area contributed by atoms with E-state index in [1.165, 1.54) is 12.1 Å². The average molecular weight is 291 g/mol. The summed E-state index contributed by atoms with van der Waals surface area (Å²) in [4.78, 5) is 0. The minimum atomic E-state index is -0.970. The molecule has 21 heavy (non-hydrogen) atoms. The van der Waals surface area contributed by atoms with E-state index in [4.69, 9.17) is 4.74 Å². The van der Waals surface area contributed by atoms with E-state index in [0.29, 0.717) is 11.8 Å². The van der Waals surface area contributed by atoms with Gasteiger partial charge in [0.25, 0.3) is 0 Å². The van der Waals surface area contributed by atoms with E-state index < -0.39 is 11.6 Å². The van der Waals surface area contributed by atoms with Crippen molar-refractivity contribution in [2.75, 3.05) is 0 Å². The van der Waals surface area contributed by atoms with Gasteiger partial charge in [0.2, 0.25) is 5.82 Å². The van der Waals surface area contributed by atoms with Crippen molar-refractivity contribution < 1.29 is 13.5 Å². The smallest absolute Gasteiger partial charge is 0.201 e. The lowest BCUT2D eigenvalue weighted by molar-refractivity contribution is 0.414. The maximum absolute atomic E-state index is 13.6. The Morgan fingerprint density at radius 3 is 2.52 bits per heavy atom. The second kappa shape index (κ2) is 6.68. The van der Waals surface area contributed by atoms with Crippen molar-refractivity contribution in [2.45, 2.75) is 33.4 Å². The molecule has 0 bridgehead atoms. The lowest BCUT2D eigenvalue weighted by Crippen LogP contribution is -2.21. The molecule has 0 saturated carbocycles. The Morgan fingerprint density at radius 1 is 1.10 bits per heavy atom. The highest BCUT2D eigenvalue weighted by molar-refractivity contribution is 5.40. The maximum atomic E-state index is 13.6. The zero-order chi connectivity index (χ0) is 15.4. The van der Waals surface area contributed by atoms with Crippen LogP contribution >= 0.6 is 0 Å². The summed E-state index contributed by atoms with van der Waals surface area (Å²) in [6, 6.07) is 9.96. The third-order valence-corrected chi connectivity index (χ3v) is 3.09. The van der Waals surface area contributed by atoms with Crippen LogP contribution in [0.5, 0.6) is 11.5 Å². The molecule has 0 aliphatic carbocycles. The standard InChI is InChI=1S/C17H19F2NO/c1-11(2)20-10-13-7-8-15(12(3)9-13)21-16-6-4-5-14(18)17(16)19/h4-9,11,20H,10H2,1-3H3. The van der Waals surface area contributed by atoms with Crippen molar-refractivity contribution in [3.63, 3.8) is 0 Å². The number of hydrogen-bond acceptors (Lipinski definition) is 2. The number of halogens is 2. The lowest BCUT2D eigenvalue weighted by Gasteiger charge is -2.12. The van der Waals surface area contributed by atoms with Gasteiger partial charge in [-0.15, -0.1) is 0 Å². The van der Waals surface area contributed by atoms with Crippen LogP contribution in [0, 0.1) is 18.6 Å². The van der Waals surface area contributed by atoms with E-state index in [9.17, 15) is 8.78 Å². The van der Waals surface area contributed by atoms with Crippen LogP contribution in [0.1, 0.15) is 25.0 Å². The topological polar surface area (TPSA) is 21.3 Å². The second-order valence-electron chi connectivity index (χ2n) is 5.29. The first kappa shape index (κ1) is 15.4. The Balaban J connectivity index is 2.16. The first-order chi connectivity index (χ1) is 9.97. The Kier molecular flexibility index (Phi) is 4.91. The van der Waals surface area contributed by atoms with E-state index in [0.717, 1.165) is 23.7 Å². The molecule has 0 spiro atoms. The van der Waals surface area contributed by atoms with Crippen molar-refractivity contribution in [3.8, 4) is 11.5 Å². The molecule has 0 saturated heterocycles. The summed E-state index contributed by atoms with van der Waals surface area (Å²) in [5, 5.41) is 3.32. The number of aryl methyl sites for hydroxylation is 1. The summed E-state index contributed by atoms with van der Waals surface area (Å²) in [6.45, 7) is 6.80. The normalized spacial score (nSPS) is 11.0. The minimum absolute atomic E-state index is 0.105. The van der Waals surface area contributed by atoms with Crippen LogP contribution in [0.2, 0.25) is 0 Å². The van der Waals surface area contributed by atoms with Gasteiger partial charge >= 0.3 is 0 Å². The predicted octanol–water partition coefficient (Wildman–Crippen LogP) is 4.56. The predicted molar refractivity (Wildman–Crippen MR) is 79.6 cm³/mol. The number of hydrogen-bond donors (Lipinski definition) is 1. The molecule has 2 aromatic rings. The summed E-state index contributed by atoms with van der Waals surface area (Å²) >= 11 is 0. The highest BCUT2D eigenvalue weighted by atomic mass is 19.2. The number of ether oxygens (including phenoxy) is 1. The molecule has 0 aromatic heterocycles. The molecule has 2 nitrogen and oxygen atoms in total. The van der Waals surface area contributed by atoms with Crippen LogP contribution in [0.25, 0.3) is 0 Å². The summed E-state index contributed by atoms with van der Waals surface area (Å²) < 4.78 is 32.2. The van der Waals surface area contributed by atoms with Gasteiger partial charge in [0.1, 0.15) is 5.75 Å². The van der Waals surface area contributed by atoms with Gasteiger partial charge in [0.05, 0.1) is 0 Å². The van der Waals surface area contributed by atoms with Crippen molar-refractivity contribution in [2.24, 2.45) is 0 Å². The first-order valence-electron chi connectivity index (χ1n) is 6.92. The van der Waals surface area contributed by atoms with E-state index >= 15 is 0 Å². The monoisotopic (exact) mass is 291 g/mol. The molecule has 0 fully saturated rings. The molecule has 0 aliphatic rings. The van der Waals surface area contributed by atoms with Crippen LogP contribution in [0.4, 0.5) is 8.78 Å². The van der Waals surface area contributed by atoms with Crippen LogP contribution < -0.4 is 10.1 Å². The summed E-state index contributed by atoms with van der Waals surface area (Å²) in [7, 11) is 0. The van der Waals surface area contributed by atoms with E-state index in [1.54, 1.807) is 6.07 Å². The Morgan fingerprint density at radius 2 is 1.86 bits per heavy atom. The van der Waals surface area contributed by atoms with E-state index in [-0.39, 0.29) is 5.75 Å². The average Bonchev–Trinajstić information content (AvgIpc) is 2.44. The van der Waals surface area contributed by atoms with Gasteiger partial charge < -0.3 is 10.1 Å². The van der Waals surface area contributed by atoms with Gasteiger partial charge in [-0.05, 0) is 36.2 Å². The molecule has 2 rings (SSSR count). The summed E-state index contributed by atoms with van der Waals surface area (Å²) in [5.41, 5.74) is 2.00. The Hall–Kier alpha value is -1.94. The van der Waals surface area contributed by atoms with Gasteiger partial charge in [0.15, 0.2) is 11.6 Å². The second-order valence-corrected chi connectivity index (χ2v) is 5.29. The Labute approximate surface area is 123 Å². The van der Waals surface area contributed by atoms with Gasteiger partial charge in [-0.25, -0.2) is 4.39 Å². The van der Waals surface area contributed by atoms with E-state index in [2.05, 4.69) is 19.2 Å². The molecular formula is C17H19F2NO. The number of nitrogens with one attached hydrogen (secondary N) is 1. The van der Waals surface area contributed by atoms with Crippen LogP contribution in [0.3, 0.4) is 0 Å². The first-order valence-corrected chi connectivity index (χ1v) is 6.92. The third kappa shape index (κ3) is 4.02. The van der Waals surface area contributed by atoms with Gasteiger partial charge in [-0.3, -0.25) is 0 Å². The van der Waals surface area contributed by atoms with Crippen molar-refractivity contribution in [1.82, 2.24) is 5.32 Å². The molecular weight excluding hydrogens is 272 g/mol. The highest BCUT2D eigenvalue weighted by Gasteiger charge is 2.11. The molecule has 112 valence electrons. The SMILES string of the molecule is Cc1cc(CNC(C)C)ccc1Oc1cccc(F)c1F. The quantitative estimate of drug-likeness (QED) is 0.871. The van der Waals surface area contributed by atoms with Crippen molar-refractivity contribution >= 4 is 0 Å². The molecule has 2 aromatic carbocycles. The highest BCUT2D eigenvalue weighted by Crippen LogP contribution is 2.28. The van der Waals surface area contributed by atoms with Crippen molar-refractivity contribution in [3.05, 3.63) is 59.2 Å². The zero-order valence-corrected chi connectivity index (χ0v) is 12.4. The fourth-order valence-electron chi connectivity index (χ4n) is 1.94. The third-order valence-electron chi connectivity index (χ3n) is 3.09. The molecule has 0 heterocycles. The van der Waals surface area contributed by atoms with Gasteiger partial charge in [0, 0.05) is 12.6 Å². The molecule has 1 N–H and O–H groups in total. The molecule has 0 unspecified atom stereocenters. The van der Waals surface area contributed by atoms with Crippen LogP contribution in [-0.4, -0.2) is 6.04 Å².